The Balaban J connectivity index is 2.36. The standard InChI is InChI=1S/C9H13IN4/c1-2-12-9(5-11)3-4-14-7-8(10)6-13-14/h6-7,9,12H,2-4H2,1H3. The summed E-state index contributed by atoms with van der Waals surface area (Å²) in [4.78, 5) is 0. The lowest BCUT2D eigenvalue weighted by Gasteiger charge is -2.08. The molecule has 0 saturated heterocycles. The third-order valence-corrected chi connectivity index (χ3v) is 2.41. The lowest BCUT2D eigenvalue weighted by molar-refractivity contribution is 0.502. The van der Waals surface area contributed by atoms with Crippen LogP contribution in [0.1, 0.15) is 13.3 Å². The molecule has 0 bridgehead atoms. The van der Waals surface area contributed by atoms with Crippen LogP contribution in [0.3, 0.4) is 0 Å². The Morgan fingerprint density at radius 1 is 1.79 bits per heavy atom. The Kier molecular flexibility index (Phi) is 4.90. The van der Waals surface area contributed by atoms with Crippen molar-refractivity contribution < 1.29 is 0 Å². The molecule has 76 valence electrons. The Morgan fingerprint density at radius 3 is 3.07 bits per heavy atom. The van der Waals surface area contributed by atoms with Gasteiger partial charge in [0.1, 0.15) is 0 Å². The largest absolute Gasteiger partial charge is 0.302 e. The summed E-state index contributed by atoms with van der Waals surface area (Å²) in [6.45, 7) is 3.62. The first-order chi connectivity index (χ1) is 6.76. The minimum atomic E-state index is -0.0677. The molecule has 0 aromatic carbocycles. The number of halogens is 1. The van der Waals surface area contributed by atoms with E-state index < -0.39 is 0 Å². The van der Waals surface area contributed by atoms with Crippen LogP contribution in [0.25, 0.3) is 0 Å². The Bertz CT molecular complexity index is 315. The molecular weight excluding hydrogens is 291 g/mol. The van der Waals surface area contributed by atoms with Crippen molar-refractivity contribution in [2.45, 2.75) is 25.9 Å². The highest BCUT2D eigenvalue weighted by Crippen LogP contribution is 2.02. The summed E-state index contributed by atoms with van der Waals surface area (Å²) in [6, 6.07) is 2.16. The number of hydrogen-bond acceptors (Lipinski definition) is 3. The zero-order valence-corrected chi connectivity index (χ0v) is 10.2. The van der Waals surface area contributed by atoms with Gasteiger partial charge >= 0.3 is 0 Å². The van der Waals surface area contributed by atoms with Gasteiger partial charge in [-0.2, -0.15) is 10.4 Å². The van der Waals surface area contributed by atoms with Crippen molar-refractivity contribution in [3.05, 3.63) is 16.0 Å². The summed E-state index contributed by atoms with van der Waals surface area (Å²) >= 11 is 2.22. The first kappa shape index (κ1) is 11.5. The van der Waals surface area contributed by atoms with Gasteiger partial charge in [-0.25, -0.2) is 0 Å². The third-order valence-electron chi connectivity index (χ3n) is 1.85. The van der Waals surface area contributed by atoms with Crippen molar-refractivity contribution in [2.24, 2.45) is 0 Å². The summed E-state index contributed by atoms with van der Waals surface area (Å²) in [5.74, 6) is 0. The van der Waals surface area contributed by atoms with E-state index in [0.717, 1.165) is 23.1 Å². The van der Waals surface area contributed by atoms with Crippen LogP contribution in [0.4, 0.5) is 0 Å². The molecule has 1 aromatic rings. The Morgan fingerprint density at radius 2 is 2.57 bits per heavy atom. The first-order valence-corrected chi connectivity index (χ1v) is 5.65. The average Bonchev–Trinajstić information content (AvgIpc) is 2.59. The van der Waals surface area contributed by atoms with Crippen LogP contribution in [0.15, 0.2) is 12.4 Å². The average molecular weight is 304 g/mol. The van der Waals surface area contributed by atoms with E-state index in [1.54, 1.807) is 0 Å². The third kappa shape index (κ3) is 3.64. The molecule has 1 aromatic heterocycles. The van der Waals surface area contributed by atoms with Gasteiger partial charge in [0.25, 0.3) is 0 Å². The lowest BCUT2D eigenvalue weighted by atomic mass is 10.2. The van der Waals surface area contributed by atoms with Crippen LogP contribution in [0.2, 0.25) is 0 Å². The van der Waals surface area contributed by atoms with Gasteiger partial charge in [0.05, 0.1) is 21.9 Å². The minimum absolute atomic E-state index is 0.0677. The normalized spacial score (nSPS) is 12.4. The van der Waals surface area contributed by atoms with Gasteiger partial charge in [-0.05, 0) is 35.6 Å². The van der Waals surface area contributed by atoms with Crippen molar-refractivity contribution >= 4 is 22.6 Å². The van der Waals surface area contributed by atoms with E-state index in [9.17, 15) is 0 Å². The number of rotatable bonds is 5. The number of hydrogen-bond donors (Lipinski definition) is 1. The quantitative estimate of drug-likeness (QED) is 0.836. The van der Waals surface area contributed by atoms with E-state index in [-0.39, 0.29) is 6.04 Å². The SMILES string of the molecule is CCNC(C#N)CCn1cc(I)cn1. The van der Waals surface area contributed by atoms with Gasteiger partial charge < -0.3 is 5.32 Å². The monoisotopic (exact) mass is 304 g/mol. The molecule has 1 N–H and O–H groups in total. The van der Waals surface area contributed by atoms with Crippen molar-refractivity contribution in [3.8, 4) is 6.07 Å². The minimum Gasteiger partial charge on any atom is -0.302 e. The van der Waals surface area contributed by atoms with E-state index in [1.165, 1.54) is 0 Å². The number of nitrogens with one attached hydrogen (secondary N) is 1. The van der Waals surface area contributed by atoms with E-state index in [4.69, 9.17) is 5.26 Å². The van der Waals surface area contributed by atoms with E-state index in [0.29, 0.717) is 0 Å². The van der Waals surface area contributed by atoms with Crippen LogP contribution >= 0.6 is 22.6 Å². The molecule has 14 heavy (non-hydrogen) atoms. The van der Waals surface area contributed by atoms with Crippen molar-refractivity contribution in [1.82, 2.24) is 15.1 Å². The summed E-state index contributed by atoms with van der Waals surface area (Å²) < 4.78 is 2.99. The van der Waals surface area contributed by atoms with E-state index >= 15 is 0 Å². The second-order valence-corrected chi connectivity index (χ2v) is 4.20. The van der Waals surface area contributed by atoms with Gasteiger partial charge in [0.15, 0.2) is 0 Å². The molecule has 1 heterocycles. The second kappa shape index (κ2) is 5.98. The number of nitriles is 1. The molecule has 0 spiro atoms. The molecule has 0 saturated carbocycles. The lowest BCUT2D eigenvalue weighted by Crippen LogP contribution is -2.28. The molecule has 0 aliphatic carbocycles. The molecule has 1 rings (SSSR count). The fourth-order valence-electron chi connectivity index (χ4n) is 1.18. The van der Waals surface area contributed by atoms with Crippen LogP contribution in [-0.2, 0) is 6.54 Å². The van der Waals surface area contributed by atoms with Crippen molar-refractivity contribution in [2.75, 3.05) is 6.54 Å². The van der Waals surface area contributed by atoms with Gasteiger partial charge in [-0.1, -0.05) is 6.92 Å². The smallest absolute Gasteiger partial charge is 0.0970 e. The molecular formula is C9H13IN4. The van der Waals surface area contributed by atoms with Crippen molar-refractivity contribution in [3.63, 3.8) is 0 Å². The molecule has 1 unspecified atom stereocenters. The van der Waals surface area contributed by atoms with Crippen LogP contribution < -0.4 is 5.32 Å². The molecule has 0 amide bonds. The Labute approximate surface area is 97.4 Å². The topological polar surface area (TPSA) is 53.6 Å². The van der Waals surface area contributed by atoms with E-state index in [2.05, 4.69) is 39.1 Å². The first-order valence-electron chi connectivity index (χ1n) is 4.57. The second-order valence-electron chi connectivity index (χ2n) is 2.95. The van der Waals surface area contributed by atoms with Gasteiger partial charge in [0.2, 0.25) is 0 Å². The maximum Gasteiger partial charge on any atom is 0.0970 e. The molecule has 4 nitrogen and oxygen atoms in total. The van der Waals surface area contributed by atoms with Crippen LogP contribution in [0, 0.1) is 14.9 Å². The van der Waals surface area contributed by atoms with Gasteiger partial charge in [-0.3, -0.25) is 4.68 Å². The molecule has 0 aliphatic rings. The summed E-state index contributed by atoms with van der Waals surface area (Å²) in [5, 5.41) is 16.1. The highest BCUT2D eigenvalue weighted by molar-refractivity contribution is 14.1. The molecule has 0 aliphatic heterocycles. The Hall–Kier alpha value is -0.610. The summed E-state index contributed by atoms with van der Waals surface area (Å²) in [5.41, 5.74) is 0. The van der Waals surface area contributed by atoms with Crippen LogP contribution in [0.5, 0.6) is 0 Å². The highest BCUT2D eigenvalue weighted by atomic mass is 127. The predicted octanol–water partition coefficient (Wildman–Crippen LogP) is 1.38. The zero-order chi connectivity index (χ0) is 10.4. The van der Waals surface area contributed by atoms with Gasteiger partial charge in [-0.15, -0.1) is 0 Å². The number of nitrogens with zero attached hydrogens (tertiary/aromatic N) is 3. The number of aromatic nitrogens is 2. The molecule has 0 radical (unpaired) electrons. The van der Waals surface area contributed by atoms with Gasteiger partial charge in [0, 0.05) is 12.7 Å². The fraction of sp³-hybridized carbons (Fsp3) is 0.556. The van der Waals surface area contributed by atoms with Crippen LogP contribution in [-0.4, -0.2) is 22.4 Å². The summed E-state index contributed by atoms with van der Waals surface area (Å²) in [7, 11) is 0. The summed E-state index contributed by atoms with van der Waals surface area (Å²) in [6.07, 6.45) is 4.58. The predicted molar refractivity (Wildman–Crippen MR) is 62.6 cm³/mol. The number of aryl methyl sites for hydroxylation is 1. The maximum absolute atomic E-state index is 8.80. The maximum atomic E-state index is 8.80. The van der Waals surface area contributed by atoms with Crippen molar-refractivity contribution in [1.29, 1.82) is 5.26 Å². The highest BCUT2D eigenvalue weighted by Gasteiger charge is 2.05. The fourth-order valence-corrected chi connectivity index (χ4v) is 1.63. The molecule has 5 heteroatoms. The zero-order valence-electron chi connectivity index (χ0n) is 8.07. The van der Waals surface area contributed by atoms with E-state index in [1.807, 2.05) is 24.0 Å². The molecule has 1 atom stereocenters. The molecule has 0 fully saturated rings.